The van der Waals surface area contributed by atoms with Crippen LogP contribution in [0.5, 0.6) is 0 Å². The molecule has 0 bridgehead atoms. The van der Waals surface area contributed by atoms with Gasteiger partial charge in [-0.05, 0) is 99.5 Å². The third-order valence-corrected chi connectivity index (χ3v) is 9.35. The van der Waals surface area contributed by atoms with E-state index in [1.165, 1.54) is 31.3 Å². The molecule has 4 heteroatoms. The van der Waals surface area contributed by atoms with Gasteiger partial charge in [-0.3, -0.25) is 0 Å². The zero-order valence-corrected chi connectivity index (χ0v) is 21.5. The van der Waals surface area contributed by atoms with Crippen molar-refractivity contribution in [1.29, 1.82) is 0 Å². The molecule has 3 rings (SSSR count). The van der Waals surface area contributed by atoms with E-state index >= 15 is 0 Å². The summed E-state index contributed by atoms with van der Waals surface area (Å²) in [6, 6.07) is 0. The van der Waals surface area contributed by atoms with Crippen molar-refractivity contribution in [2.45, 2.75) is 122 Å². The maximum atomic E-state index is 10.5. The lowest BCUT2D eigenvalue weighted by Crippen LogP contribution is -2.39. The molecule has 0 unspecified atom stereocenters. The highest BCUT2D eigenvalue weighted by atomic mass is 16.5. The lowest BCUT2D eigenvalue weighted by molar-refractivity contribution is -0.0365. The van der Waals surface area contributed by atoms with Crippen LogP contribution in [0.25, 0.3) is 0 Å². The Morgan fingerprint density at radius 3 is 2.64 bits per heavy atom. The molecule has 3 fully saturated rings. The number of ether oxygens (including phenoxy) is 1. The molecule has 0 amide bonds. The van der Waals surface area contributed by atoms with Crippen LogP contribution in [-0.4, -0.2) is 45.8 Å². The maximum Gasteiger partial charge on any atom is 0.0811 e. The van der Waals surface area contributed by atoms with Crippen LogP contribution < -0.4 is 0 Å². The fraction of sp³-hybridized carbons (Fsp3) is 0.793. The number of aliphatic hydroxyl groups is 3. The molecule has 0 aromatic carbocycles. The monoisotopic (exact) mass is 460 g/mol. The summed E-state index contributed by atoms with van der Waals surface area (Å²) < 4.78 is 6.34. The average Bonchev–Trinajstić information content (AvgIpc) is 3.15. The van der Waals surface area contributed by atoms with Crippen molar-refractivity contribution in [1.82, 2.24) is 0 Å². The third-order valence-electron chi connectivity index (χ3n) is 9.35. The Balaban J connectivity index is 1.62. The molecule has 0 radical (unpaired) electrons. The van der Waals surface area contributed by atoms with E-state index in [9.17, 15) is 15.3 Å². The first-order valence-electron chi connectivity index (χ1n) is 13.4. The van der Waals surface area contributed by atoms with Crippen molar-refractivity contribution in [3.8, 4) is 0 Å². The molecule has 33 heavy (non-hydrogen) atoms. The molecule has 4 nitrogen and oxygen atoms in total. The highest BCUT2D eigenvalue weighted by molar-refractivity contribution is 5.38. The summed E-state index contributed by atoms with van der Waals surface area (Å²) in [6.07, 6.45) is 13.8. The first kappa shape index (κ1) is 26.7. The Morgan fingerprint density at radius 2 is 1.94 bits per heavy atom. The van der Waals surface area contributed by atoms with Crippen LogP contribution in [0.4, 0.5) is 0 Å². The molecular formula is C29H48O4. The van der Waals surface area contributed by atoms with Crippen molar-refractivity contribution < 1.29 is 20.1 Å². The van der Waals surface area contributed by atoms with E-state index in [0.717, 1.165) is 49.9 Å². The number of hydrogen-bond donors (Lipinski definition) is 3. The van der Waals surface area contributed by atoms with Gasteiger partial charge in [-0.15, -0.1) is 0 Å². The summed E-state index contributed by atoms with van der Waals surface area (Å²) >= 11 is 0. The van der Waals surface area contributed by atoms with Crippen molar-refractivity contribution in [3.05, 3.63) is 35.5 Å². The minimum atomic E-state index is -0.630. The Hall–Kier alpha value is -0.940. The summed E-state index contributed by atoms with van der Waals surface area (Å²) in [5.74, 6) is 1.14. The molecule has 0 aliphatic heterocycles. The van der Waals surface area contributed by atoms with Crippen LogP contribution in [-0.2, 0) is 4.74 Å². The topological polar surface area (TPSA) is 69.9 Å². The first-order valence-corrected chi connectivity index (χ1v) is 13.4. The second-order valence-corrected chi connectivity index (χ2v) is 11.3. The highest BCUT2D eigenvalue weighted by Gasteiger charge is 2.51. The third kappa shape index (κ3) is 6.01. The Bertz CT molecular complexity index is 734. The molecule has 0 spiro atoms. The maximum absolute atomic E-state index is 10.5. The van der Waals surface area contributed by atoms with E-state index < -0.39 is 17.8 Å². The van der Waals surface area contributed by atoms with E-state index in [1.54, 1.807) is 0 Å². The molecule has 6 atom stereocenters. The van der Waals surface area contributed by atoms with Crippen LogP contribution in [0.15, 0.2) is 35.5 Å². The van der Waals surface area contributed by atoms with Gasteiger partial charge >= 0.3 is 0 Å². The predicted octanol–water partition coefficient (Wildman–Crippen LogP) is 5.86. The summed E-state index contributed by atoms with van der Waals surface area (Å²) in [7, 11) is 0. The molecule has 0 aromatic rings. The van der Waals surface area contributed by atoms with Crippen molar-refractivity contribution in [3.63, 3.8) is 0 Å². The molecule has 3 aliphatic rings. The largest absolute Gasteiger partial charge is 0.393 e. The van der Waals surface area contributed by atoms with Gasteiger partial charge in [0.25, 0.3) is 0 Å². The van der Waals surface area contributed by atoms with Gasteiger partial charge in [0.05, 0.1) is 23.9 Å². The van der Waals surface area contributed by atoms with Crippen molar-refractivity contribution in [2.24, 2.45) is 17.3 Å². The number of fused-ring (bicyclic) bond motifs is 1. The van der Waals surface area contributed by atoms with Crippen LogP contribution in [0.1, 0.15) is 98.3 Å². The van der Waals surface area contributed by atoms with E-state index in [-0.39, 0.29) is 11.5 Å². The van der Waals surface area contributed by atoms with Gasteiger partial charge in [-0.1, -0.05) is 45.1 Å². The van der Waals surface area contributed by atoms with E-state index in [1.807, 2.05) is 0 Å². The smallest absolute Gasteiger partial charge is 0.0811 e. The van der Waals surface area contributed by atoms with E-state index in [2.05, 4.69) is 46.4 Å². The summed E-state index contributed by atoms with van der Waals surface area (Å²) in [6.45, 7) is 13.6. The molecule has 0 aromatic heterocycles. The standard InChI is InChI=1S/C29H48O4/c1-6-29(32,7-2)16-9-17-33-21(4)25-13-14-26-22(10-8-15-28(25,26)5)11-12-23-18-24(30)19-27(31)20(23)3/h11-12,21,24-27,30-32H,3,6-10,13-19H2,1-2,4-5H3/b22-11+,23-12-/t21-,24+,25-,26+,27-,28-/m1/s1. The van der Waals surface area contributed by atoms with Gasteiger partial charge in [-0.25, -0.2) is 0 Å². The zero-order chi connectivity index (χ0) is 24.2. The number of rotatable bonds is 9. The van der Waals surface area contributed by atoms with Gasteiger partial charge in [0.1, 0.15) is 0 Å². The number of allylic oxidation sites excluding steroid dienone is 3. The van der Waals surface area contributed by atoms with Crippen LogP contribution >= 0.6 is 0 Å². The fourth-order valence-electron chi connectivity index (χ4n) is 6.91. The van der Waals surface area contributed by atoms with Crippen molar-refractivity contribution >= 4 is 0 Å². The summed E-state index contributed by atoms with van der Waals surface area (Å²) in [4.78, 5) is 0. The van der Waals surface area contributed by atoms with Gasteiger partial charge < -0.3 is 20.1 Å². The molecule has 3 saturated carbocycles. The Morgan fingerprint density at radius 1 is 1.21 bits per heavy atom. The fourth-order valence-corrected chi connectivity index (χ4v) is 6.91. The summed E-state index contributed by atoms with van der Waals surface area (Å²) in [5, 5.41) is 30.7. The molecular weight excluding hydrogens is 412 g/mol. The molecule has 0 heterocycles. The Labute approximate surface area is 201 Å². The lowest BCUT2D eigenvalue weighted by Gasteiger charge is -2.44. The van der Waals surface area contributed by atoms with E-state index in [0.29, 0.717) is 24.7 Å². The quantitative estimate of drug-likeness (QED) is 0.377. The SMILES string of the molecule is C=C1/C(=C\C=C2/CCC[C@]3(C)[C@@H]([C@@H](C)OCCCC(O)(CC)CC)CC[C@@H]23)C[C@H](O)C[C@H]1O. The van der Waals surface area contributed by atoms with Crippen LogP contribution in [0.2, 0.25) is 0 Å². The second-order valence-electron chi connectivity index (χ2n) is 11.3. The normalized spacial score (nSPS) is 36.4. The molecule has 3 aliphatic carbocycles. The van der Waals surface area contributed by atoms with Gasteiger partial charge in [0.15, 0.2) is 0 Å². The minimum Gasteiger partial charge on any atom is -0.393 e. The zero-order valence-electron chi connectivity index (χ0n) is 21.5. The summed E-state index contributed by atoms with van der Waals surface area (Å²) in [5.41, 5.74) is 3.00. The van der Waals surface area contributed by atoms with Gasteiger partial charge in [0.2, 0.25) is 0 Å². The van der Waals surface area contributed by atoms with Crippen molar-refractivity contribution in [2.75, 3.05) is 6.61 Å². The first-order chi connectivity index (χ1) is 15.6. The molecule has 0 saturated heterocycles. The minimum absolute atomic E-state index is 0.234. The number of hydrogen-bond acceptors (Lipinski definition) is 4. The molecule has 3 N–H and O–H groups in total. The van der Waals surface area contributed by atoms with Gasteiger partial charge in [0, 0.05) is 13.0 Å². The number of aliphatic hydroxyl groups excluding tert-OH is 2. The highest BCUT2D eigenvalue weighted by Crippen LogP contribution is 2.58. The van der Waals surface area contributed by atoms with E-state index in [4.69, 9.17) is 4.74 Å². The van der Waals surface area contributed by atoms with Crippen LogP contribution in [0, 0.1) is 17.3 Å². The predicted molar refractivity (Wildman–Crippen MR) is 135 cm³/mol. The Kier molecular flexibility index (Phi) is 9.05. The molecule has 188 valence electrons. The average molecular weight is 461 g/mol. The van der Waals surface area contributed by atoms with Gasteiger partial charge in [-0.2, -0.15) is 0 Å². The van der Waals surface area contributed by atoms with Crippen LogP contribution in [0.3, 0.4) is 0 Å². The lowest BCUT2D eigenvalue weighted by atomic mass is 9.62. The second kappa shape index (κ2) is 11.2.